The maximum Gasteiger partial charge on any atom is 0.286 e. The third kappa shape index (κ3) is 3.59. The lowest BCUT2D eigenvalue weighted by atomic mass is 10.2. The fraction of sp³-hybridized carbons (Fsp3) is 0. The average molecular weight is 359 g/mol. The third-order valence-corrected chi connectivity index (χ3v) is 3.69. The Kier molecular flexibility index (Phi) is 4.36. The first-order valence-electron chi connectivity index (χ1n) is 7.07. The zero-order chi connectivity index (χ0) is 18.0. The van der Waals surface area contributed by atoms with Gasteiger partial charge in [-0.25, -0.2) is 0 Å². The molecule has 1 aromatic heterocycles. The Bertz CT molecular complexity index is 981. The summed E-state index contributed by atoms with van der Waals surface area (Å²) in [5.74, 6) is -1.13. The van der Waals surface area contributed by atoms with Gasteiger partial charge in [-0.1, -0.05) is 11.6 Å². The Balaban J connectivity index is 1.66. The fourth-order valence-electron chi connectivity index (χ4n) is 2.21. The van der Waals surface area contributed by atoms with Crippen LogP contribution in [0.4, 0.5) is 5.69 Å². The van der Waals surface area contributed by atoms with Crippen LogP contribution in [0.5, 0.6) is 0 Å². The number of amides is 2. The highest BCUT2D eigenvalue weighted by molar-refractivity contribution is 6.31. The molecule has 0 bridgehead atoms. The molecule has 0 radical (unpaired) electrons. The first kappa shape index (κ1) is 16.5. The molecule has 0 spiro atoms. The van der Waals surface area contributed by atoms with E-state index in [1.165, 1.54) is 24.3 Å². The molecule has 1 heterocycles. The number of carbonyl (C=O) groups excluding carboxylic acids is 2. The quantitative estimate of drug-likeness (QED) is 0.493. The molecule has 0 saturated heterocycles. The molecular formula is C16H11ClN4O4. The number of non-ortho nitro benzene ring substituents is 1. The summed E-state index contributed by atoms with van der Waals surface area (Å²) in [5.41, 5.74) is 5.55. The van der Waals surface area contributed by atoms with E-state index in [4.69, 9.17) is 11.6 Å². The predicted molar refractivity (Wildman–Crippen MR) is 91.3 cm³/mol. The van der Waals surface area contributed by atoms with Crippen LogP contribution in [0.3, 0.4) is 0 Å². The molecule has 0 unspecified atom stereocenters. The number of halogens is 1. The van der Waals surface area contributed by atoms with Crippen LogP contribution in [0.25, 0.3) is 10.9 Å². The Morgan fingerprint density at radius 2 is 1.68 bits per heavy atom. The van der Waals surface area contributed by atoms with Crippen LogP contribution in [0.1, 0.15) is 20.8 Å². The number of aromatic amines is 1. The monoisotopic (exact) mass is 358 g/mol. The molecule has 126 valence electrons. The van der Waals surface area contributed by atoms with Crippen molar-refractivity contribution in [1.82, 2.24) is 15.8 Å². The topological polar surface area (TPSA) is 117 Å². The Hall–Kier alpha value is -3.39. The number of carbonyl (C=O) groups is 2. The molecule has 8 nitrogen and oxygen atoms in total. The van der Waals surface area contributed by atoms with Crippen LogP contribution in [0, 0.1) is 10.1 Å². The van der Waals surface area contributed by atoms with Crippen LogP contribution in [0.15, 0.2) is 48.5 Å². The minimum atomic E-state index is -0.595. The van der Waals surface area contributed by atoms with E-state index >= 15 is 0 Å². The highest BCUT2D eigenvalue weighted by Gasteiger charge is 2.13. The van der Waals surface area contributed by atoms with Crippen molar-refractivity contribution >= 4 is 40.0 Å². The second-order valence-electron chi connectivity index (χ2n) is 5.13. The SMILES string of the molecule is O=C(NNC(=O)c1cc2cc(Cl)ccc2[nH]1)c1ccc([N+](=O)[O-])cc1. The van der Waals surface area contributed by atoms with Gasteiger partial charge in [0, 0.05) is 33.6 Å². The van der Waals surface area contributed by atoms with Gasteiger partial charge in [0.1, 0.15) is 5.69 Å². The number of hydrazine groups is 1. The Labute approximate surface area is 145 Å². The van der Waals surface area contributed by atoms with Crippen molar-refractivity contribution in [3.05, 3.63) is 74.9 Å². The fourth-order valence-corrected chi connectivity index (χ4v) is 2.39. The van der Waals surface area contributed by atoms with Crippen LogP contribution >= 0.6 is 11.6 Å². The van der Waals surface area contributed by atoms with Crippen LogP contribution < -0.4 is 10.9 Å². The van der Waals surface area contributed by atoms with E-state index in [1.807, 2.05) is 0 Å². The number of nitrogens with one attached hydrogen (secondary N) is 3. The summed E-state index contributed by atoms with van der Waals surface area (Å²) < 4.78 is 0. The predicted octanol–water partition coefficient (Wildman–Crippen LogP) is 2.80. The van der Waals surface area contributed by atoms with Crippen molar-refractivity contribution in [3.8, 4) is 0 Å². The molecule has 0 aliphatic heterocycles. The van der Waals surface area contributed by atoms with Gasteiger partial charge >= 0.3 is 0 Å². The summed E-state index contributed by atoms with van der Waals surface area (Å²) in [7, 11) is 0. The summed E-state index contributed by atoms with van der Waals surface area (Å²) in [6, 6.07) is 11.8. The van der Waals surface area contributed by atoms with Crippen molar-refractivity contribution in [1.29, 1.82) is 0 Å². The Morgan fingerprint density at radius 1 is 1.00 bits per heavy atom. The number of fused-ring (bicyclic) bond motifs is 1. The number of hydrogen-bond acceptors (Lipinski definition) is 4. The lowest BCUT2D eigenvalue weighted by Crippen LogP contribution is -2.41. The van der Waals surface area contributed by atoms with Crippen molar-refractivity contribution in [3.63, 3.8) is 0 Å². The summed E-state index contributed by atoms with van der Waals surface area (Å²) in [6.45, 7) is 0. The van der Waals surface area contributed by atoms with E-state index in [0.29, 0.717) is 5.02 Å². The van der Waals surface area contributed by atoms with Gasteiger partial charge in [-0.2, -0.15) is 0 Å². The number of nitrogens with zero attached hydrogens (tertiary/aromatic N) is 1. The van der Waals surface area contributed by atoms with Gasteiger partial charge in [-0.05, 0) is 36.4 Å². The second-order valence-corrected chi connectivity index (χ2v) is 5.56. The van der Waals surface area contributed by atoms with Crippen molar-refractivity contribution in [2.45, 2.75) is 0 Å². The van der Waals surface area contributed by atoms with Gasteiger partial charge in [0.25, 0.3) is 17.5 Å². The normalized spacial score (nSPS) is 10.4. The number of benzene rings is 2. The smallest absolute Gasteiger partial charge is 0.286 e. The lowest BCUT2D eigenvalue weighted by molar-refractivity contribution is -0.384. The van der Waals surface area contributed by atoms with Crippen LogP contribution in [-0.2, 0) is 0 Å². The van der Waals surface area contributed by atoms with Gasteiger partial charge in [0.05, 0.1) is 4.92 Å². The van der Waals surface area contributed by atoms with Crippen LogP contribution in [-0.4, -0.2) is 21.7 Å². The third-order valence-electron chi connectivity index (χ3n) is 3.46. The zero-order valence-corrected chi connectivity index (χ0v) is 13.3. The molecule has 0 saturated carbocycles. The van der Waals surface area contributed by atoms with E-state index < -0.39 is 16.7 Å². The standard InChI is InChI=1S/C16H11ClN4O4/c17-11-3-6-13-10(7-11)8-14(18-13)16(23)20-19-15(22)9-1-4-12(5-2-9)21(24)25/h1-8,18H,(H,19,22)(H,20,23). The van der Waals surface area contributed by atoms with Crippen molar-refractivity contribution in [2.75, 3.05) is 0 Å². The van der Waals surface area contributed by atoms with E-state index in [0.717, 1.165) is 10.9 Å². The first-order chi connectivity index (χ1) is 11.9. The summed E-state index contributed by atoms with van der Waals surface area (Å²) in [5, 5.41) is 11.9. The maximum atomic E-state index is 12.1. The van der Waals surface area contributed by atoms with E-state index in [1.54, 1.807) is 24.3 Å². The molecule has 25 heavy (non-hydrogen) atoms. The van der Waals surface area contributed by atoms with Gasteiger partial charge in [-0.3, -0.25) is 30.6 Å². The molecule has 0 atom stereocenters. The number of nitro benzene ring substituents is 1. The van der Waals surface area contributed by atoms with E-state index in [-0.39, 0.29) is 16.9 Å². The zero-order valence-electron chi connectivity index (χ0n) is 12.6. The molecule has 9 heteroatoms. The van der Waals surface area contributed by atoms with Gasteiger partial charge < -0.3 is 4.98 Å². The molecule has 0 aliphatic rings. The highest BCUT2D eigenvalue weighted by Crippen LogP contribution is 2.20. The van der Waals surface area contributed by atoms with E-state index in [2.05, 4.69) is 15.8 Å². The molecule has 3 N–H and O–H groups in total. The minimum absolute atomic E-state index is 0.127. The maximum absolute atomic E-state index is 12.1. The molecule has 3 aromatic rings. The highest BCUT2D eigenvalue weighted by atomic mass is 35.5. The molecule has 3 rings (SSSR count). The van der Waals surface area contributed by atoms with Crippen molar-refractivity contribution < 1.29 is 14.5 Å². The largest absolute Gasteiger partial charge is 0.350 e. The lowest BCUT2D eigenvalue weighted by Gasteiger charge is -2.06. The molecular weight excluding hydrogens is 348 g/mol. The van der Waals surface area contributed by atoms with Gasteiger partial charge in [0.15, 0.2) is 0 Å². The molecule has 0 aliphatic carbocycles. The number of nitro groups is 1. The number of H-pyrrole nitrogens is 1. The first-order valence-corrected chi connectivity index (χ1v) is 7.45. The average Bonchev–Trinajstić information content (AvgIpc) is 3.02. The van der Waals surface area contributed by atoms with Crippen LogP contribution in [0.2, 0.25) is 5.02 Å². The summed E-state index contributed by atoms with van der Waals surface area (Å²) >= 11 is 5.90. The number of hydrogen-bond donors (Lipinski definition) is 3. The molecule has 2 aromatic carbocycles. The second kappa shape index (κ2) is 6.62. The molecule has 0 fully saturated rings. The Morgan fingerprint density at radius 3 is 2.36 bits per heavy atom. The molecule has 2 amide bonds. The minimum Gasteiger partial charge on any atom is -0.350 e. The van der Waals surface area contributed by atoms with E-state index in [9.17, 15) is 19.7 Å². The van der Waals surface area contributed by atoms with Gasteiger partial charge in [-0.15, -0.1) is 0 Å². The van der Waals surface area contributed by atoms with Crippen molar-refractivity contribution in [2.24, 2.45) is 0 Å². The summed E-state index contributed by atoms with van der Waals surface area (Å²) in [6.07, 6.45) is 0. The number of rotatable bonds is 3. The number of aromatic nitrogens is 1. The summed E-state index contributed by atoms with van der Waals surface area (Å²) in [4.78, 5) is 37.0. The van der Waals surface area contributed by atoms with Gasteiger partial charge in [0.2, 0.25) is 0 Å².